The molecule has 0 unspecified atom stereocenters. The molecule has 1 heterocycles. The van der Waals surface area contributed by atoms with Crippen molar-refractivity contribution in [3.63, 3.8) is 0 Å². The van der Waals surface area contributed by atoms with Crippen molar-refractivity contribution in [3.8, 4) is 0 Å². The van der Waals surface area contributed by atoms with E-state index < -0.39 is 5.60 Å². The van der Waals surface area contributed by atoms with Gasteiger partial charge in [-0.1, -0.05) is 11.6 Å². The summed E-state index contributed by atoms with van der Waals surface area (Å²) in [6, 6.07) is 7.23. The minimum absolute atomic E-state index is 0.355. The summed E-state index contributed by atoms with van der Waals surface area (Å²) in [6.45, 7) is 5.55. The Morgan fingerprint density at radius 2 is 2.00 bits per heavy atom. The molecular weight excluding hydrogens is 429 g/mol. The molecule has 0 fully saturated rings. The van der Waals surface area contributed by atoms with E-state index in [9.17, 15) is 4.79 Å². The fourth-order valence-corrected chi connectivity index (χ4v) is 2.59. The van der Waals surface area contributed by atoms with Crippen LogP contribution in [0.5, 0.6) is 0 Å². The third-order valence-corrected chi connectivity index (χ3v) is 3.70. The van der Waals surface area contributed by atoms with E-state index in [1.807, 2.05) is 39.0 Å². The average molecular weight is 446 g/mol. The van der Waals surface area contributed by atoms with Crippen molar-refractivity contribution in [2.75, 3.05) is 5.32 Å². The van der Waals surface area contributed by atoms with E-state index >= 15 is 0 Å². The van der Waals surface area contributed by atoms with Gasteiger partial charge in [0, 0.05) is 9.77 Å². The Morgan fingerprint density at radius 1 is 1.26 bits per heavy atom. The smallest absolute Gasteiger partial charge is 0.277 e. The predicted molar refractivity (Wildman–Crippen MR) is 100.0 cm³/mol. The van der Waals surface area contributed by atoms with Gasteiger partial charge in [-0.15, -0.1) is 0 Å². The van der Waals surface area contributed by atoms with Crippen LogP contribution in [-0.2, 0) is 4.84 Å². The number of amides is 1. The van der Waals surface area contributed by atoms with Gasteiger partial charge < -0.3 is 5.32 Å². The highest BCUT2D eigenvalue weighted by atomic mass is 127. The van der Waals surface area contributed by atoms with Gasteiger partial charge in [-0.25, -0.2) is 5.48 Å². The summed E-state index contributed by atoms with van der Waals surface area (Å²) in [5, 5.41) is 3.70. The number of nitrogens with one attached hydrogen (secondary N) is 2. The van der Waals surface area contributed by atoms with Crippen LogP contribution in [0.4, 0.5) is 11.4 Å². The summed E-state index contributed by atoms with van der Waals surface area (Å²) in [4.78, 5) is 21.7. The highest BCUT2D eigenvalue weighted by Gasteiger charge is 2.17. The van der Waals surface area contributed by atoms with Gasteiger partial charge in [0.05, 0.1) is 33.8 Å². The number of nitrogens with zero attached hydrogens (tertiary/aromatic N) is 1. The third kappa shape index (κ3) is 5.33. The molecule has 1 aromatic carbocycles. The Kier molecular flexibility index (Phi) is 5.83. The van der Waals surface area contributed by atoms with Crippen LogP contribution in [0, 0.1) is 3.57 Å². The van der Waals surface area contributed by atoms with Crippen molar-refractivity contribution in [3.05, 3.63) is 50.8 Å². The van der Waals surface area contributed by atoms with Gasteiger partial charge in [-0.05, 0) is 67.6 Å². The number of aromatic nitrogens is 1. The second kappa shape index (κ2) is 7.46. The first-order valence-corrected chi connectivity index (χ1v) is 8.36. The molecule has 1 aromatic heterocycles. The molecular formula is C16H17ClIN3O2. The Balaban J connectivity index is 2.22. The van der Waals surface area contributed by atoms with E-state index in [4.69, 9.17) is 16.4 Å². The minimum atomic E-state index is -0.476. The van der Waals surface area contributed by atoms with Gasteiger partial charge in [0.2, 0.25) is 0 Å². The van der Waals surface area contributed by atoms with Crippen LogP contribution in [0.3, 0.4) is 0 Å². The monoisotopic (exact) mass is 445 g/mol. The van der Waals surface area contributed by atoms with Crippen LogP contribution in [0.25, 0.3) is 0 Å². The molecule has 2 rings (SSSR count). The SMILES string of the molecule is CC(C)(C)ONC(=O)c1ccncc1Nc1ccc(I)cc1Cl. The summed E-state index contributed by atoms with van der Waals surface area (Å²) >= 11 is 8.40. The highest BCUT2D eigenvalue weighted by molar-refractivity contribution is 14.1. The molecule has 0 atom stereocenters. The van der Waals surface area contributed by atoms with Gasteiger partial charge in [-0.3, -0.25) is 14.6 Å². The zero-order chi connectivity index (χ0) is 17.0. The largest absolute Gasteiger partial charge is 0.352 e. The maximum absolute atomic E-state index is 12.3. The molecule has 0 spiro atoms. The average Bonchev–Trinajstić information content (AvgIpc) is 2.47. The first kappa shape index (κ1) is 18.0. The lowest BCUT2D eigenvalue weighted by Gasteiger charge is -2.19. The van der Waals surface area contributed by atoms with Crippen molar-refractivity contribution in [2.45, 2.75) is 26.4 Å². The molecule has 1 amide bonds. The summed E-state index contributed by atoms with van der Waals surface area (Å²) in [5.74, 6) is -0.355. The van der Waals surface area contributed by atoms with E-state index in [-0.39, 0.29) is 5.91 Å². The van der Waals surface area contributed by atoms with Crippen LogP contribution < -0.4 is 10.8 Å². The molecule has 2 N–H and O–H groups in total. The first-order chi connectivity index (χ1) is 10.8. The van der Waals surface area contributed by atoms with Gasteiger partial charge >= 0.3 is 0 Å². The quantitative estimate of drug-likeness (QED) is 0.536. The van der Waals surface area contributed by atoms with Crippen molar-refractivity contribution >= 4 is 51.5 Å². The Bertz CT molecular complexity index is 717. The van der Waals surface area contributed by atoms with Gasteiger partial charge in [0.25, 0.3) is 5.91 Å². The lowest BCUT2D eigenvalue weighted by Crippen LogP contribution is -2.33. The second-order valence-corrected chi connectivity index (χ2v) is 7.47. The molecule has 5 nitrogen and oxygen atoms in total. The molecule has 0 radical (unpaired) electrons. The van der Waals surface area contributed by atoms with E-state index in [1.54, 1.807) is 18.5 Å². The van der Waals surface area contributed by atoms with E-state index in [1.165, 1.54) is 0 Å². The van der Waals surface area contributed by atoms with Crippen LogP contribution in [-0.4, -0.2) is 16.5 Å². The zero-order valence-electron chi connectivity index (χ0n) is 13.0. The number of anilines is 2. The molecule has 122 valence electrons. The van der Waals surface area contributed by atoms with Crippen molar-refractivity contribution in [1.29, 1.82) is 0 Å². The molecule has 7 heteroatoms. The van der Waals surface area contributed by atoms with Crippen LogP contribution in [0.15, 0.2) is 36.7 Å². The zero-order valence-corrected chi connectivity index (χ0v) is 15.9. The molecule has 0 bridgehead atoms. The fraction of sp³-hybridized carbons (Fsp3) is 0.250. The minimum Gasteiger partial charge on any atom is -0.352 e. The maximum atomic E-state index is 12.3. The summed E-state index contributed by atoms with van der Waals surface area (Å²) in [5.41, 5.74) is 3.63. The van der Waals surface area contributed by atoms with Crippen LogP contribution in [0.1, 0.15) is 31.1 Å². The Hall–Kier alpha value is -1.38. The standard InChI is InChI=1S/C16H17ClIN3O2/c1-16(2,3)23-21-15(22)11-6-7-19-9-14(11)20-13-5-4-10(18)8-12(13)17/h4-9,20H,1-3H3,(H,21,22). The normalized spacial score (nSPS) is 11.2. The first-order valence-electron chi connectivity index (χ1n) is 6.91. The molecule has 0 saturated carbocycles. The molecule has 23 heavy (non-hydrogen) atoms. The summed E-state index contributed by atoms with van der Waals surface area (Å²) in [6.07, 6.45) is 3.12. The van der Waals surface area contributed by atoms with Gasteiger partial charge in [-0.2, -0.15) is 0 Å². The van der Waals surface area contributed by atoms with Crippen molar-refractivity contribution in [2.24, 2.45) is 0 Å². The number of pyridine rings is 1. The van der Waals surface area contributed by atoms with Crippen LogP contribution in [0.2, 0.25) is 5.02 Å². The second-order valence-electron chi connectivity index (χ2n) is 5.82. The third-order valence-electron chi connectivity index (χ3n) is 2.72. The Labute approximate surface area is 153 Å². The summed E-state index contributed by atoms with van der Waals surface area (Å²) < 4.78 is 1.03. The number of carbonyl (C=O) groups excluding carboxylic acids is 1. The van der Waals surface area contributed by atoms with Gasteiger partial charge in [0.15, 0.2) is 0 Å². The van der Waals surface area contributed by atoms with E-state index in [0.29, 0.717) is 22.0 Å². The number of hydroxylamine groups is 1. The number of rotatable bonds is 4. The number of halogens is 2. The van der Waals surface area contributed by atoms with E-state index in [0.717, 1.165) is 3.57 Å². The topological polar surface area (TPSA) is 63.2 Å². The van der Waals surface area contributed by atoms with Gasteiger partial charge in [0.1, 0.15) is 0 Å². The van der Waals surface area contributed by atoms with Crippen molar-refractivity contribution < 1.29 is 9.63 Å². The number of carbonyl (C=O) groups is 1. The maximum Gasteiger partial charge on any atom is 0.277 e. The van der Waals surface area contributed by atoms with Crippen molar-refractivity contribution in [1.82, 2.24) is 10.5 Å². The summed E-state index contributed by atoms with van der Waals surface area (Å²) in [7, 11) is 0. The molecule has 0 aliphatic rings. The molecule has 0 aliphatic carbocycles. The number of hydrogen-bond acceptors (Lipinski definition) is 4. The number of benzene rings is 1. The fourth-order valence-electron chi connectivity index (χ4n) is 1.68. The Morgan fingerprint density at radius 3 is 2.65 bits per heavy atom. The molecule has 0 aliphatic heterocycles. The highest BCUT2D eigenvalue weighted by Crippen LogP contribution is 2.28. The lowest BCUT2D eigenvalue weighted by atomic mass is 10.2. The van der Waals surface area contributed by atoms with Crippen LogP contribution >= 0.6 is 34.2 Å². The number of hydrogen-bond donors (Lipinski definition) is 2. The molecule has 2 aromatic rings. The molecule has 0 saturated heterocycles. The lowest BCUT2D eigenvalue weighted by molar-refractivity contribution is -0.0589. The predicted octanol–water partition coefficient (Wildman–Crippen LogP) is 4.54. The van der Waals surface area contributed by atoms with E-state index in [2.05, 4.69) is 38.4 Å².